The van der Waals surface area contributed by atoms with E-state index < -0.39 is 35.1 Å². The van der Waals surface area contributed by atoms with Gasteiger partial charge in [0.15, 0.2) is 36.6 Å². The lowest BCUT2D eigenvalue weighted by Crippen LogP contribution is -2.48. The Morgan fingerprint density at radius 3 is 0.985 bits per heavy atom. The topological polar surface area (TPSA) is 276 Å². The molecule has 8 saturated carbocycles. The van der Waals surface area contributed by atoms with Crippen LogP contribution in [0, 0.1) is 107 Å². The molecule has 0 radical (unpaired) electrons. The molecule has 2 N–H and O–H groups in total. The number of nitrogens with zero attached hydrogens (tertiary/aromatic N) is 9. The first kappa shape index (κ1) is 113. The van der Waals surface area contributed by atoms with E-state index in [1.165, 1.54) is 85.5 Å². The summed E-state index contributed by atoms with van der Waals surface area (Å²) in [7, 11) is -4.07. The number of ketones is 1. The third kappa shape index (κ3) is 31.7. The fraction of sp³-hybridized carbons (Fsp3) is 0.760. The van der Waals surface area contributed by atoms with E-state index in [1.807, 2.05) is 0 Å². The van der Waals surface area contributed by atoms with Gasteiger partial charge in [-0.25, -0.2) is 4.68 Å². The Balaban J connectivity index is 0.000000219. The lowest BCUT2D eigenvalue weighted by Gasteiger charge is -2.45. The molecule has 28 heteroatoms. The van der Waals surface area contributed by atoms with E-state index in [0.29, 0.717) is 86.8 Å². The molecule has 0 saturated heterocycles. The molecule has 8 aliphatic rings. The van der Waals surface area contributed by atoms with Crippen LogP contribution in [0.4, 0.5) is 0 Å². The summed E-state index contributed by atoms with van der Waals surface area (Å²) in [6.07, 6.45) is 17.7. The summed E-state index contributed by atoms with van der Waals surface area (Å²) in [5.41, 5.74) is 11.4. The van der Waals surface area contributed by atoms with Gasteiger partial charge in [0.25, 0.3) is 10.1 Å². The van der Waals surface area contributed by atoms with Crippen molar-refractivity contribution in [2.45, 2.75) is 404 Å². The number of Topliss-reactive ketones (excluding diaryl/α,β-unsaturated/α-hetero) is 1. The summed E-state index contributed by atoms with van der Waals surface area (Å²) >= 11 is 0. The van der Waals surface area contributed by atoms with E-state index in [4.69, 9.17) is 38.8 Å². The van der Waals surface area contributed by atoms with Gasteiger partial charge in [-0.3, -0.25) is 32.7 Å². The lowest BCUT2D eigenvalue weighted by atomic mass is 9.76. The molecule has 6 heterocycles. The average Bonchev–Trinajstić information content (AvgIpc) is 1.61. The molecule has 6 aromatic rings. The van der Waals surface area contributed by atoms with Crippen molar-refractivity contribution in [3.05, 3.63) is 106 Å². The number of esters is 3. The van der Waals surface area contributed by atoms with Crippen LogP contribution < -0.4 is 0 Å². The SMILES string of the molecule is CC1CC(CO)C1.CC1CC(COS(C)(=O)=O)C1.COC(=O)C1CC(=O)C1.COC(=O)C1CC(C)C1.COC(=O)C1CC(O)C1.Cc1ccc(C)n1-c1cc(C(C)(C)C)n(CC2CC(O[Si](C)(C)C(C)(C)C)C2)n1.Cc1ccc(C)n1-c1cc(C(C)(C)C)n(CC2CC(O[Si](C)(C)C(C)(C)C)C2)n1.Cc1ccc(C)n1-c1cc(C(C)(C)C)nn1CC1CC(O[Si](C)(C)C(C)(C)C)C1. The van der Waals surface area contributed by atoms with Gasteiger partial charge in [-0.1, -0.05) is 145 Å². The zero-order chi connectivity index (χ0) is 99.6. The third-order valence-electron chi connectivity index (χ3n) is 29.5. The zero-order valence-corrected chi connectivity index (χ0v) is 92.7. The highest BCUT2D eigenvalue weighted by molar-refractivity contribution is 7.86. The number of ether oxygens (including phenoxy) is 3. The maximum atomic E-state index is 10.7. The molecule has 0 unspecified atom stereocenters. The van der Waals surface area contributed by atoms with E-state index in [9.17, 15) is 27.6 Å². The van der Waals surface area contributed by atoms with Crippen molar-refractivity contribution in [3.63, 3.8) is 0 Å². The van der Waals surface area contributed by atoms with Gasteiger partial charge in [-0.15, -0.1) is 0 Å². The van der Waals surface area contributed by atoms with Crippen molar-refractivity contribution in [2.75, 3.05) is 40.8 Å². The molecule has 24 nitrogen and oxygen atoms in total. The van der Waals surface area contributed by atoms with Crippen molar-refractivity contribution < 1.29 is 69.5 Å². The van der Waals surface area contributed by atoms with Gasteiger partial charge < -0.3 is 51.4 Å². The molecular weight excluding hydrogens is 1730 g/mol. The van der Waals surface area contributed by atoms with E-state index >= 15 is 0 Å². The minimum Gasteiger partial charge on any atom is -0.469 e. The van der Waals surface area contributed by atoms with Gasteiger partial charge in [0.1, 0.15) is 11.6 Å². The molecule has 6 aromatic heterocycles. The van der Waals surface area contributed by atoms with Gasteiger partial charge in [-0.05, 0) is 270 Å². The van der Waals surface area contributed by atoms with Crippen LogP contribution in [0.25, 0.3) is 17.5 Å². The maximum absolute atomic E-state index is 10.7. The number of aryl methyl sites for hydroxylation is 6. The molecule has 8 fully saturated rings. The average molecular weight is 1910 g/mol. The molecule has 0 spiro atoms. The summed E-state index contributed by atoms with van der Waals surface area (Å²) in [4.78, 5) is 42.2. The van der Waals surface area contributed by atoms with Gasteiger partial charge in [-0.2, -0.15) is 23.7 Å². The number of aromatic nitrogens is 9. The van der Waals surface area contributed by atoms with Gasteiger partial charge in [0.2, 0.25) is 0 Å². The standard InChI is InChI=1S/3C24H41N3OSi.C7H14O3S.C7H12O2.C6H10O3.C6H8O3.C6H12O/c2*1-17-11-12-18(2)27(17)22-15-21(23(3,4)5)26(25-22)16-19-13-20(14-19)28-29(9,10)24(6,7)8;1-17-11-12-18(2)27(17)22-15-21(23(3,4)5)25-26(22)16-19-13-20(14-19)28-29(9,10)24(6,7)8;1-6-3-7(4-6)5-10-11(2,8)9;1-5-3-6(4-5)7(8)9-2;2*1-9-6(8)4-2-5(7)3-4;1-5-2-6(3-5)4-7/h3*11-12,15,19-20H,13-14,16H2,1-10H3;6-7H,3-5H2,1-2H3;5-6H,3-4H2,1-2H3;4-5,7H,2-3H2,1H3;4H,2-3H2,1H3;5-7H,2-4H2,1H3. The molecule has 0 amide bonds. The Hall–Kier alpha value is -6.09. The van der Waals surface area contributed by atoms with Crippen molar-refractivity contribution >= 4 is 58.8 Å². The summed E-state index contributed by atoms with van der Waals surface area (Å²) in [6.45, 7) is 78.7. The van der Waals surface area contributed by atoms with Crippen LogP contribution in [-0.2, 0) is 96.8 Å². The van der Waals surface area contributed by atoms with E-state index in [1.54, 1.807) is 0 Å². The predicted molar refractivity (Wildman–Crippen MR) is 540 cm³/mol. The first-order chi connectivity index (χ1) is 60.6. The summed E-state index contributed by atoms with van der Waals surface area (Å²) < 4.78 is 72.6. The number of rotatable bonds is 22. The van der Waals surface area contributed by atoms with Crippen LogP contribution >= 0.6 is 0 Å². The molecule has 0 atom stereocenters. The largest absolute Gasteiger partial charge is 0.469 e. The van der Waals surface area contributed by atoms with Crippen LogP contribution in [0.3, 0.4) is 0 Å². The highest BCUT2D eigenvalue weighted by Gasteiger charge is 2.47. The number of hydrogen-bond acceptors (Lipinski definition) is 18. The van der Waals surface area contributed by atoms with Gasteiger partial charge in [0.05, 0.1) is 63.7 Å². The van der Waals surface area contributed by atoms with Crippen LogP contribution in [0.5, 0.6) is 0 Å². The second-order valence-electron chi connectivity index (χ2n) is 48.2. The first-order valence-corrected chi connectivity index (χ1v) is 59.7. The van der Waals surface area contributed by atoms with E-state index in [0.717, 1.165) is 125 Å². The number of hydrogen-bond donors (Lipinski definition) is 2. The Bertz CT molecular complexity index is 4570. The van der Waals surface area contributed by atoms with Crippen LogP contribution in [0.1, 0.15) is 299 Å². The summed E-state index contributed by atoms with van der Waals surface area (Å²) in [5.74, 6) is 8.45. The molecular formula is C104H179N9O15SSi3. The van der Waals surface area contributed by atoms with Crippen molar-refractivity contribution in [3.8, 4) is 17.5 Å². The molecule has 132 heavy (non-hydrogen) atoms. The summed E-state index contributed by atoms with van der Waals surface area (Å²) in [5, 5.41) is 33.2. The van der Waals surface area contributed by atoms with E-state index in [-0.39, 0.29) is 78.9 Å². The van der Waals surface area contributed by atoms with Gasteiger partial charge >= 0.3 is 17.9 Å². The Morgan fingerprint density at radius 2 is 0.720 bits per heavy atom. The minimum atomic E-state index is -3.21. The van der Waals surface area contributed by atoms with Crippen molar-refractivity contribution in [2.24, 2.45) is 65.1 Å². The third-order valence-corrected chi connectivity index (χ3v) is 43.7. The highest BCUT2D eigenvalue weighted by Crippen LogP contribution is 2.47. The van der Waals surface area contributed by atoms with Crippen molar-refractivity contribution in [1.29, 1.82) is 0 Å². The number of aliphatic hydroxyl groups is 2. The molecule has 0 aliphatic heterocycles. The lowest BCUT2D eigenvalue weighted by molar-refractivity contribution is -0.153. The minimum absolute atomic E-state index is 0.0342. The fourth-order valence-corrected chi connectivity index (χ4v) is 22.2. The van der Waals surface area contributed by atoms with Crippen LogP contribution in [0.15, 0.2) is 54.6 Å². The normalized spacial score (nSPS) is 24.2. The Morgan fingerprint density at radius 1 is 0.417 bits per heavy atom. The second kappa shape index (κ2) is 45.7. The van der Waals surface area contributed by atoms with Gasteiger partial charge in [0, 0.05) is 137 Å². The highest BCUT2D eigenvalue weighted by atomic mass is 32.2. The molecule has 0 aromatic carbocycles. The monoisotopic (exact) mass is 1910 g/mol. The predicted octanol–water partition coefficient (Wildman–Crippen LogP) is 22.5. The van der Waals surface area contributed by atoms with Crippen LogP contribution in [0.2, 0.25) is 54.4 Å². The molecule has 748 valence electrons. The maximum Gasteiger partial charge on any atom is 0.309 e. The Labute approximate surface area is 799 Å². The first-order valence-electron chi connectivity index (χ1n) is 49.2. The summed E-state index contributed by atoms with van der Waals surface area (Å²) in [6, 6.07) is 19.9. The number of carbonyl (C=O) groups is 4. The van der Waals surface area contributed by atoms with E-state index in [2.05, 4.69) is 327 Å². The quantitative estimate of drug-likeness (QED) is 0.0276. The number of methoxy groups -OCH3 is 3. The van der Waals surface area contributed by atoms with Crippen molar-refractivity contribution in [1.82, 2.24) is 43.0 Å². The van der Waals surface area contributed by atoms with Crippen LogP contribution in [-0.4, -0.2) is 176 Å². The number of aliphatic hydroxyl groups excluding tert-OH is 2. The molecule has 14 rings (SSSR count). The second-order valence-corrected chi connectivity index (χ2v) is 64.1. The Kier molecular flexibility index (Phi) is 39.1. The number of carbonyl (C=O) groups excluding carboxylic acids is 4. The fourth-order valence-electron chi connectivity index (χ4n) is 17.6. The smallest absolute Gasteiger partial charge is 0.309 e. The molecule has 8 aliphatic carbocycles. The zero-order valence-electron chi connectivity index (χ0n) is 88.8. The molecule has 0 bridgehead atoms.